The lowest BCUT2D eigenvalue weighted by Gasteiger charge is -2.16. The van der Waals surface area contributed by atoms with E-state index < -0.39 is 11.4 Å². The number of hydrogen-bond donors (Lipinski definition) is 2. The van der Waals surface area contributed by atoms with Gasteiger partial charge < -0.3 is 10.1 Å². The van der Waals surface area contributed by atoms with Crippen LogP contribution in [0.5, 0.6) is 0 Å². The molecule has 0 radical (unpaired) electrons. The van der Waals surface area contributed by atoms with Gasteiger partial charge >= 0.3 is 5.97 Å². The summed E-state index contributed by atoms with van der Waals surface area (Å²) in [5.74, 6) is -0.320. The summed E-state index contributed by atoms with van der Waals surface area (Å²) in [6.07, 6.45) is 0. The van der Waals surface area contributed by atoms with Gasteiger partial charge in [0.15, 0.2) is 0 Å². The van der Waals surface area contributed by atoms with Crippen LogP contribution in [0.2, 0.25) is 0 Å². The number of hydrogen-bond acceptors (Lipinski definition) is 6. The van der Waals surface area contributed by atoms with Gasteiger partial charge in [-0.1, -0.05) is 32.9 Å². The predicted octanol–water partition coefficient (Wildman–Crippen LogP) is 1.99. The van der Waals surface area contributed by atoms with Crippen LogP contribution in [-0.4, -0.2) is 28.3 Å². The van der Waals surface area contributed by atoms with Crippen molar-refractivity contribution in [1.29, 1.82) is 0 Å². The van der Waals surface area contributed by atoms with Gasteiger partial charge in [-0.05, 0) is 12.1 Å². The number of ether oxygens (including phenoxy) is 1. The minimum atomic E-state index is -0.482. The Kier molecular flexibility index (Phi) is 4.25. The lowest BCUT2D eigenvalue weighted by Crippen LogP contribution is -2.28. The molecule has 22 heavy (non-hydrogen) atoms. The van der Waals surface area contributed by atoms with Crippen molar-refractivity contribution in [3.63, 3.8) is 0 Å². The highest BCUT2D eigenvalue weighted by Crippen LogP contribution is 2.19. The topological polar surface area (TPSA) is 97.0 Å². The molecule has 7 nitrogen and oxygen atoms in total. The van der Waals surface area contributed by atoms with Crippen molar-refractivity contribution in [3.8, 4) is 0 Å². The number of carbonyl (C=O) groups is 1. The van der Waals surface area contributed by atoms with E-state index in [9.17, 15) is 9.59 Å². The van der Waals surface area contributed by atoms with Crippen molar-refractivity contribution in [2.75, 3.05) is 12.4 Å². The lowest BCUT2D eigenvalue weighted by molar-refractivity contribution is 0.0602. The number of carbonyl (C=O) groups excluding carboxylic acids is 1. The number of methoxy groups -OCH3 is 1. The monoisotopic (exact) mass is 302 g/mol. The van der Waals surface area contributed by atoms with Crippen LogP contribution in [0.4, 0.5) is 11.6 Å². The molecule has 1 aromatic carbocycles. The average Bonchev–Trinajstić information content (AvgIpc) is 2.45. The molecular weight excluding hydrogens is 284 g/mol. The molecule has 2 aromatic rings. The molecule has 1 aromatic heterocycles. The first kappa shape index (κ1) is 15.7. The molecule has 0 saturated carbocycles. The van der Waals surface area contributed by atoms with Crippen molar-refractivity contribution < 1.29 is 9.53 Å². The van der Waals surface area contributed by atoms with Gasteiger partial charge in [0.1, 0.15) is 5.69 Å². The van der Waals surface area contributed by atoms with E-state index >= 15 is 0 Å². The Labute approximate surface area is 127 Å². The Morgan fingerprint density at radius 1 is 1.23 bits per heavy atom. The second-order valence-electron chi connectivity index (χ2n) is 5.76. The van der Waals surface area contributed by atoms with Crippen molar-refractivity contribution >= 4 is 17.6 Å². The molecule has 0 spiro atoms. The van der Waals surface area contributed by atoms with E-state index in [1.807, 2.05) is 20.8 Å². The van der Waals surface area contributed by atoms with E-state index in [4.69, 9.17) is 4.74 Å². The number of benzene rings is 1. The Hall–Kier alpha value is -2.70. The highest BCUT2D eigenvalue weighted by Gasteiger charge is 2.21. The van der Waals surface area contributed by atoms with Crippen molar-refractivity contribution in [2.45, 2.75) is 26.2 Å². The van der Waals surface area contributed by atoms with Crippen LogP contribution < -0.4 is 10.9 Å². The summed E-state index contributed by atoms with van der Waals surface area (Å²) in [5.41, 5.74) is 0.443. The summed E-state index contributed by atoms with van der Waals surface area (Å²) in [5, 5.41) is 10.8. The highest BCUT2D eigenvalue weighted by atomic mass is 16.5. The number of H-pyrrole nitrogens is 1. The van der Waals surface area contributed by atoms with Crippen LogP contribution in [0.1, 0.15) is 36.8 Å². The van der Waals surface area contributed by atoms with Crippen LogP contribution in [0.15, 0.2) is 29.1 Å². The van der Waals surface area contributed by atoms with Gasteiger partial charge in [-0.15, -0.1) is 10.2 Å². The quantitative estimate of drug-likeness (QED) is 0.842. The normalized spacial score (nSPS) is 11.1. The maximum atomic E-state index is 12.1. The molecule has 0 atom stereocenters. The summed E-state index contributed by atoms with van der Waals surface area (Å²) in [6.45, 7) is 5.64. The molecule has 0 aliphatic carbocycles. The SMILES string of the molecule is COC(=O)c1ccccc1Nc1nnc(C(C)(C)C)c(=O)[nH]1. The molecular formula is C15H18N4O3. The Morgan fingerprint density at radius 2 is 1.91 bits per heavy atom. The lowest BCUT2D eigenvalue weighted by atomic mass is 9.93. The summed E-state index contributed by atoms with van der Waals surface area (Å²) >= 11 is 0. The van der Waals surface area contributed by atoms with E-state index in [0.717, 1.165) is 0 Å². The van der Waals surface area contributed by atoms with Crippen LogP contribution in [0.3, 0.4) is 0 Å². The fraction of sp³-hybridized carbons (Fsp3) is 0.333. The van der Waals surface area contributed by atoms with Gasteiger partial charge in [0.05, 0.1) is 18.4 Å². The molecule has 0 aliphatic rings. The van der Waals surface area contributed by atoms with E-state index in [-0.39, 0.29) is 11.5 Å². The number of para-hydroxylation sites is 1. The molecule has 116 valence electrons. The highest BCUT2D eigenvalue weighted by molar-refractivity contribution is 5.96. The van der Waals surface area contributed by atoms with Crippen molar-refractivity contribution in [3.05, 3.63) is 45.9 Å². The molecule has 2 N–H and O–H groups in total. The first-order valence-corrected chi connectivity index (χ1v) is 6.75. The molecule has 0 saturated heterocycles. The molecule has 0 bridgehead atoms. The van der Waals surface area contributed by atoms with Crippen LogP contribution in [-0.2, 0) is 10.2 Å². The molecule has 0 fully saturated rings. The maximum Gasteiger partial charge on any atom is 0.339 e. The Bertz CT molecular complexity index is 747. The largest absolute Gasteiger partial charge is 0.465 e. The van der Waals surface area contributed by atoms with Gasteiger partial charge in [0, 0.05) is 5.41 Å². The second-order valence-corrected chi connectivity index (χ2v) is 5.76. The molecule has 0 unspecified atom stereocenters. The van der Waals surface area contributed by atoms with Gasteiger partial charge in [-0.25, -0.2) is 4.79 Å². The number of aromatic amines is 1. The number of anilines is 2. The number of nitrogens with one attached hydrogen (secondary N) is 2. The zero-order valence-electron chi connectivity index (χ0n) is 12.9. The summed E-state index contributed by atoms with van der Waals surface area (Å²) < 4.78 is 4.72. The summed E-state index contributed by atoms with van der Waals surface area (Å²) in [7, 11) is 1.30. The third kappa shape index (κ3) is 3.30. The summed E-state index contributed by atoms with van der Waals surface area (Å²) in [6, 6.07) is 6.77. The van der Waals surface area contributed by atoms with E-state index in [2.05, 4.69) is 20.5 Å². The Morgan fingerprint density at radius 3 is 2.50 bits per heavy atom. The van der Waals surface area contributed by atoms with E-state index in [0.29, 0.717) is 16.9 Å². The molecule has 0 amide bonds. The fourth-order valence-corrected chi connectivity index (χ4v) is 1.89. The number of nitrogens with zero attached hydrogens (tertiary/aromatic N) is 2. The third-order valence-corrected chi connectivity index (χ3v) is 2.99. The maximum absolute atomic E-state index is 12.1. The van der Waals surface area contributed by atoms with Crippen LogP contribution in [0.25, 0.3) is 0 Å². The van der Waals surface area contributed by atoms with Crippen molar-refractivity contribution in [1.82, 2.24) is 15.2 Å². The molecule has 7 heteroatoms. The fourth-order valence-electron chi connectivity index (χ4n) is 1.89. The van der Waals surface area contributed by atoms with E-state index in [1.54, 1.807) is 24.3 Å². The van der Waals surface area contributed by atoms with Gasteiger partial charge in [-0.3, -0.25) is 9.78 Å². The average molecular weight is 302 g/mol. The minimum Gasteiger partial charge on any atom is -0.465 e. The first-order chi connectivity index (χ1) is 10.3. The van der Waals surface area contributed by atoms with Crippen LogP contribution >= 0.6 is 0 Å². The second kappa shape index (κ2) is 5.97. The van der Waals surface area contributed by atoms with Gasteiger partial charge in [0.25, 0.3) is 5.56 Å². The van der Waals surface area contributed by atoms with Crippen molar-refractivity contribution in [2.24, 2.45) is 0 Å². The number of rotatable bonds is 3. The Balaban J connectivity index is 2.35. The molecule has 1 heterocycles. The zero-order chi connectivity index (χ0) is 16.3. The predicted molar refractivity (Wildman–Crippen MR) is 82.4 cm³/mol. The number of esters is 1. The summed E-state index contributed by atoms with van der Waals surface area (Å²) in [4.78, 5) is 26.4. The number of aromatic nitrogens is 3. The van der Waals surface area contributed by atoms with Gasteiger partial charge in [0.2, 0.25) is 5.95 Å². The smallest absolute Gasteiger partial charge is 0.339 e. The van der Waals surface area contributed by atoms with E-state index in [1.165, 1.54) is 7.11 Å². The van der Waals surface area contributed by atoms with Crippen LogP contribution in [0, 0.1) is 0 Å². The first-order valence-electron chi connectivity index (χ1n) is 6.75. The minimum absolute atomic E-state index is 0.161. The zero-order valence-corrected chi connectivity index (χ0v) is 12.9. The molecule has 0 aliphatic heterocycles. The third-order valence-electron chi connectivity index (χ3n) is 2.99. The standard InChI is InChI=1S/C15H18N4O3/c1-15(2,3)11-12(20)17-14(19-18-11)16-10-8-6-5-7-9(10)13(21)22-4/h5-8H,1-4H3,(H2,16,17,19,20). The molecule has 2 rings (SSSR count). The van der Waals surface area contributed by atoms with Gasteiger partial charge in [-0.2, -0.15) is 0 Å².